The van der Waals surface area contributed by atoms with E-state index in [9.17, 15) is 0 Å². The first-order chi connectivity index (χ1) is 8.20. The average Bonchev–Trinajstić information content (AvgIpc) is 2.90. The number of aromatic nitrogens is 2. The van der Waals surface area contributed by atoms with Crippen LogP contribution in [-0.2, 0) is 0 Å². The molecule has 0 aromatic carbocycles. The second-order valence-electron chi connectivity index (χ2n) is 4.79. The number of nitrogens with one attached hydrogen (secondary N) is 1. The van der Waals surface area contributed by atoms with Crippen molar-refractivity contribution in [3.63, 3.8) is 0 Å². The predicted octanol–water partition coefficient (Wildman–Crippen LogP) is 3.75. The third kappa shape index (κ3) is 3.35. The fourth-order valence-corrected chi connectivity index (χ4v) is 4.16. The van der Waals surface area contributed by atoms with E-state index in [0.29, 0.717) is 12.0 Å². The Morgan fingerprint density at radius 3 is 2.94 bits per heavy atom. The number of hydrogen-bond acceptors (Lipinski definition) is 5. The van der Waals surface area contributed by atoms with Crippen LogP contribution in [0.25, 0.3) is 0 Å². The summed E-state index contributed by atoms with van der Waals surface area (Å²) in [5.41, 5.74) is 0. The fraction of sp³-hybridized carbons (Fsp3) is 0.833. The third-order valence-corrected chi connectivity index (χ3v) is 5.09. The molecule has 96 valence electrons. The van der Waals surface area contributed by atoms with Gasteiger partial charge in [0, 0.05) is 28.7 Å². The molecule has 1 heterocycles. The highest BCUT2D eigenvalue weighted by atomic mass is 32.2. The van der Waals surface area contributed by atoms with Crippen molar-refractivity contribution in [1.29, 1.82) is 0 Å². The minimum atomic E-state index is 0.422. The molecule has 5 heteroatoms. The molecule has 2 unspecified atom stereocenters. The first-order valence-corrected chi connectivity index (χ1v) is 8.24. The SMILES string of the molecule is CCSC1CCCC1Nc1nc(C(C)C)ns1. The molecule has 17 heavy (non-hydrogen) atoms. The minimum Gasteiger partial charge on any atom is -0.356 e. The monoisotopic (exact) mass is 271 g/mol. The summed E-state index contributed by atoms with van der Waals surface area (Å²) in [5, 5.41) is 5.33. The third-order valence-electron chi connectivity index (χ3n) is 3.10. The zero-order valence-corrected chi connectivity index (χ0v) is 12.4. The molecular weight excluding hydrogens is 250 g/mol. The van der Waals surface area contributed by atoms with Crippen LogP contribution in [0.1, 0.15) is 51.8 Å². The Hall–Kier alpha value is -0.290. The Bertz CT molecular complexity index is 351. The van der Waals surface area contributed by atoms with Crippen LogP contribution < -0.4 is 5.32 Å². The number of hydrogen-bond donors (Lipinski definition) is 1. The molecule has 0 saturated heterocycles. The standard InChI is InChI=1S/C12H21N3S2/c1-4-16-10-7-5-6-9(10)13-12-14-11(8(2)3)15-17-12/h8-10H,4-7H2,1-3H3,(H,13,14,15). The van der Waals surface area contributed by atoms with Crippen LogP contribution in [0.5, 0.6) is 0 Å². The van der Waals surface area contributed by atoms with E-state index >= 15 is 0 Å². The summed E-state index contributed by atoms with van der Waals surface area (Å²) in [6.07, 6.45) is 3.95. The lowest BCUT2D eigenvalue weighted by Gasteiger charge is -2.19. The van der Waals surface area contributed by atoms with Gasteiger partial charge in [-0.2, -0.15) is 16.1 Å². The first kappa shape index (κ1) is 13.1. The van der Waals surface area contributed by atoms with Crippen molar-refractivity contribution >= 4 is 28.4 Å². The van der Waals surface area contributed by atoms with Crippen LogP contribution in [0.3, 0.4) is 0 Å². The van der Waals surface area contributed by atoms with Crippen LogP contribution >= 0.6 is 23.3 Å². The second-order valence-corrected chi connectivity index (χ2v) is 7.06. The van der Waals surface area contributed by atoms with Crippen LogP contribution in [0.2, 0.25) is 0 Å². The molecule has 0 spiro atoms. The Morgan fingerprint density at radius 2 is 2.29 bits per heavy atom. The Kier molecular flexibility index (Phi) is 4.68. The van der Waals surface area contributed by atoms with E-state index in [1.54, 1.807) is 0 Å². The highest BCUT2D eigenvalue weighted by molar-refractivity contribution is 7.99. The smallest absolute Gasteiger partial charge is 0.202 e. The van der Waals surface area contributed by atoms with Crippen molar-refractivity contribution in [2.24, 2.45) is 0 Å². The first-order valence-electron chi connectivity index (χ1n) is 6.42. The van der Waals surface area contributed by atoms with E-state index in [2.05, 4.69) is 47.2 Å². The van der Waals surface area contributed by atoms with Gasteiger partial charge < -0.3 is 5.32 Å². The number of nitrogens with zero attached hydrogens (tertiary/aromatic N) is 2. The topological polar surface area (TPSA) is 37.8 Å². The Balaban J connectivity index is 1.94. The van der Waals surface area contributed by atoms with Crippen LogP contribution in [0.4, 0.5) is 5.13 Å². The van der Waals surface area contributed by atoms with Crippen molar-refractivity contribution in [1.82, 2.24) is 9.36 Å². The average molecular weight is 271 g/mol. The lowest BCUT2D eigenvalue weighted by molar-refractivity contribution is 0.758. The molecule has 1 fully saturated rings. The molecule has 1 aromatic rings. The van der Waals surface area contributed by atoms with Crippen molar-refractivity contribution in [3.8, 4) is 0 Å². The molecule has 0 aliphatic heterocycles. The van der Waals surface area contributed by atoms with Gasteiger partial charge in [0.05, 0.1) is 0 Å². The summed E-state index contributed by atoms with van der Waals surface area (Å²) in [4.78, 5) is 4.55. The van der Waals surface area contributed by atoms with Crippen molar-refractivity contribution in [2.45, 2.75) is 57.2 Å². The Morgan fingerprint density at radius 1 is 1.47 bits per heavy atom. The molecular formula is C12H21N3S2. The molecule has 1 aliphatic carbocycles. The van der Waals surface area contributed by atoms with Gasteiger partial charge in [-0.3, -0.25) is 0 Å². The lowest BCUT2D eigenvalue weighted by Crippen LogP contribution is -2.26. The van der Waals surface area contributed by atoms with Crippen LogP contribution in [0, 0.1) is 0 Å². The molecule has 2 rings (SSSR count). The summed E-state index contributed by atoms with van der Waals surface area (Å²) >= 11 is 3.58. The highest BCUT2D eigenvalue weighted by Gasteiger charge is 2.27. The van der Waals surface area contributed by atoms with Gasteiger partial charge in [-0.25, -0.2) is 4.98 Å². The summed E-state index contributed by atoms with van der Waals surface area (Å²) < 4.78 is 4.39. The van der Waals surface area contributed by atoms with E-state index in [-0.39, 0.29) is 0 Å². The van der Waals surface area contributed by atoms with Crippen molar-refractivity contribution < 1.29 is 0 Å². The van der Waals surface area contributed by atoms with E-state index in [4.69, 9.17) is 0 Å². The zero-order chi connectivity index (χ0) is 12.3. The molecule has 0 radical (unpaired) electrons. The maximum Gasteiger partial charge on any atom is 0.202 e. The van der Waals surface area contributed by atoms with E-state index in [0.717, 1.165) is 16.2 Å². The molecule has 0 bridgehead atoms. The van der Waals surface area contributed by atoms with Gasteiger partial charge in [-0.1, -0.05) is 27.2 Å². The van der Waals surface area contributed by atoms with Crippen LogP contribution in [-0.4, -0.2) is 26.4 Å². The molecule has 3 nitrogen and oxygen atoms in total. The predicted molar refractivity (Wildman–Crippen MR) is 77.2 cm³/mol. The normalized spacial score (nSPS) is 24.5. The maximum atomic E-state index is 4.55. The fourth-order valence-electron chi connectivity index (χ4n) is 2.19. The van der Waals surface area contributed by atoms with Gasteiger partial charge >= 0.3 is 0 Å². The highest BCUT2D eigenvalue weighted by Crippen LogP contribution is 2.32. The van der Waals surface area contributed by atoms with Crippen molar-refractivity contribution in [2.75, 3.05) is 11.1 Å². The number of thioether (sulfide) groups is 1. The molecule has 1 N–H and O–H groups in total. The molecule has 2 atom stereocenters. The number of rotatable bonds is 5. The lowest BCUT2D eigenvalue weighted by atomic mass is 10.2. The number of anilines is 1. The van der Waals surface area contributed by atoms with Gasteiger partial charge in [0.25, 0.3) is 0 Å². The molecule has 0 amide bonds. The van der Waals surface area contributed by atoms with Gasteiger partial charge in [-0.15, -0.1) is 0 Å². The van der Waals surface area contributed by atoms with E-state index in [1.807, 2.05) is 0 Å². The van der Waals surface area contributed by atoms with Gasteiger partial charge in [0.1, 0.15) is 5.82 Å². The summed E-state index contributed by atoms with van der Waals surface area (Å²) in [6.45, 7) is 6.51. The summed E-state index contributed by atoms with van der Waals surface area (Å²) in [7, 11) is 0. The van der Waals surface area contributed by atoms with Gasteiger partial charge in [0.2, 0.25) is 5.13 Å². The minimum absolute atomic E-state index is 0.422. The Labute approximate surface area is 112 Å². The van der Waals surface area contributed by atoms with E-state index < -0.39 is 0 Å². The quantitative estimate of drug-likeness (QED) is 0.885. The second kappa shape index (κ2) is 6.05. The molecule has 1 aromatic heterocycles. The van der Waals surface area contributed by atoms with Crippen molar-refractivity contribution in [3.05, 3.63) is 5.82 Å². The summed E-state index contributed by atoms with van der Waals surface area (Å²) in [5.74, 6) is 2.59. The van der Waals surface area contributed by atoms with Gasteiger partial charge in [-0.05, 0) is 18.6 Å². The largest absolute Gasteiger partial charge is 0.356 e. The molecule has 1 saturated carbocycles. The van der Waals surface area contributed by atoms with E-state index in [1.165, 1.54) is 36.5 Å². The van der Waals surface area contributed by atoms with Gasteiger partial charge in [0.15, 0.2) is 0 Å². The summed E-state index contributed by atoms with van der Waals surface area (Å²) in [6, 6.07) is 0.591. The van der Waals surface area contributed by atoms with Crippen LogP contribution in [0.15, 0.2) is 0 Å². The zero-order valence-electron chi connectivity index (χ0n) is 10.8. The maximum absolute atomic E-state index is 4.55. The molecule has 1 aliphatic rings.